The van der Waals surface area contributed by atoms with Crippen LogP contribution in [0.3, 0.4) is 0 Å². The van der Waals surface area contributed by atoms with Crippen molar-refractivity contribution >= 4 is 34.5 Å². The standard InChI is InChI=1S/C14H19ClN2S/c15-11-6-7-13(12(8-11)14(16)18)17-9-10-4-2-1-3-5-10/h6-8,10,17H,1-5,9H2,(H2,16,18). The highest BCUT2D eigenvalue weighted by Gasteiger charge is 2.14. The lowest BCUT2D eigenvalue weighted by molar-refractivity contribution is 0.373. The van der Waals surface area contributed by atoms with E-state index in [0.717, 1.165) is 23.7 Å². The average Bonchev–Trinajstić information content (AvgIpc) is 2.38. The molecule has 0 unspecified atom stereocenters. The van der Waals surface area contributed by atoms with E-state index in [1.54, 1.807) is 0 Å². The second-order valence-corrected chi connectivity index (χ2v) is 5.82. The summed E-state index contributed by atoms with van der Waals surface area (Å²) >= 11 is 11.0. The molecule has 1 fully saturated rings. The minimum atomic E-state index is 0.392. The molecular formula is C14H19ClN2S. The first-order chi connectivity index (χ1) is 8.66. The van der Waals surface area contributed by atoms with Crippen LogP contribution >= 0.6 is 23.8 Å². The fourth-order valence-corrected chi connectivity index (χ4v) is 2.86. The monoisotopic (exact) mass is 282 g/mol. The van der Waals surface area contributed by atoms with Gasteiger partial charge < -0.3 is 11.1 Å². The number of thiocarbonyl (C=S) groups is 1. The summed E-state index contributed by atoms with van der Waals surface area (Å²) in [5, 5.41) is 4.13. The lowest BCUT2D eigenvalue weighted by Crippen LogP contribution is -2.19. The molecule has 1 saturated carbocycles. The number of hydrogen-bond donors (Lipinski definition) is 2. The molecule has 98 valence electrons. The van der Waals surface area contributed by atoms with Crippen molar-refractivity contribution in [2.24, 2.45) is 11.7 Å². The molecule has 0 atom stereocenters. The van der Waals surface area contributed by atoms with Gasteiger partial charge in [-0.1, -0.05) is 43.1 Å². The molecule has 0 amide bonds. The summed E-state index contributed by atoms with van der Waals surface area (Å²) in [5.41, 5.74) is 7.56. The minimum Gasteiger partial charge on any atom is -0.389 e. The fraction of sp³-hybridized carbons (Fsp3) is 0.500. The number of anilines is 1. The van der Waals surface area contributed by atoms with E-state index >= 15 is 0 Å². The van der Waals surface area contributed by atoms with E-state index in [9.17, 15) is 0 Å². The summed E-state index contributed by atoms with van der Waals surface area (Å²) < 4.78 is 0. The Morgan fingerprint density at radius 3 is 2.72 bits per heavy atom. The SMILES string of the molecule is NC(=S)c1cc(Cl)ccc1NCC1CCCCC1. The highest BCUT2D eigenvalue weighted by molar-refractivity contribution is 7.80. The Balaban J connectivity index is 2.01. The summed E-state index contributed by atoms with van der Waals surface area (Å²) in [6, 6.07) is 5.65. The second kappa shape index (κ2) is 6.39. The molecule has 0 spiro atoms. The molecule has 3 N–H and O–H groups in total. The zero-order valence-corrected chi connectivity index (χ0v) is 12.0. The van der Waals surface area contributed by atoms with E-state index in [2.05, 4.69) is 5.32 Å². The molecule has 18 heavy (non-hydrogen) atoms. The van der Waals surface area contributed by atoms with Crippen LogP contribution in [0.4, 0.5) is 5.69 Å². The molecule has 0 radical (unpaired) electrons. The van der Waals surface area contributed by atoms with Crippen LogP contribution in [0, 0.1) is 5.92 Å². The molecule has 0 heterocycles. The van der Waals surface area contributed by atoms with Crippen LogP contribution in [0.2, 0.25) is 5.02 Å². The largest absolute Gasteiger partial charge is 0.389 e. The van der Waals surface area contributed by atoms with E-state index in [1.165, 1.54) is 32.1 Å². The number of hydrogen-bond acceptors (Lipinski definition) is 2. The van der Waals surface area contributed by atoms with Crippen LogP contribution in [0.1, 0.15) is 37.7 Å². The van der Waals surface area contributed by atoms with Gasteiger partial charge in [0.15, 0.2) is 0 Å². The Hall–Kier alpha value is -0.800. The van der Waals surface area contributed by atoms with Crippen LogP contribution < -0.4 is 11.1 Å². The Bertz CT molecular complexity index is 428. The van der Waals surface area contributed by atoms with Crippen molar-refractivity contribution in [3.63, 3.8) is 0 Å². The third kappa shape index (κ3) is 3.59. The second-order valence-electron chi connectivity index (χ2n) is 4.94. The first-order valence-corrected chi connectivity index (χ1v) is 7.28. The number of rotatable bonds is 4. The molecule has 2 rings (SSSR count). The van der Waals surface area contributed by atoms with E-state index in [0.29, 0.717) is 10.0 Å². The van der Waals surface area contributed by atoms with Gasteiger partial charge in [-0.2, -0.15) is 0 Å². The van der Waals surface area contributed by atoms with Gasteiger partial charge >= 0.3 is 0 Å². The first kappa shape index (κ1) is 13.6. The molecule has 4 heteroatoms. The Labute approximate surface area is 119 Å². The van der Waals surface area contributed by atoms with Crippen molar-refractivity contribution in [1.29, 1.82) is 0 Å². The van der Waals surface area contributed by atoms with Gasteiger partial charge in [-0.3, -0.25) is 0 Å². The number of halogens is 1. The van der Waals surface area contributed by atoms with E-state index in [-0.39, 0.29) is 0 Å². The third-order valence-corrected chi connectivity index (χ3v) is 4.01. The predicted octanol–water partition coefficient (Wildman–Crippen LogP) is 3.97. The summed E-state index contributed by atoms with van der Waals surface area (Å²) in [7, 11) is 0. The highest BCUT2D eigenvalue weighted by atomic mass is 35.5. The van der Waals surface area contributed by atoms with Gasteiger partial charge in [-0.15, -0.1) is 0 Å². The lowest BCUT2D eigenvalue weighted by atomic mass is 9.89. The van der Waals surface area contributed by atoms with E-state index in [1.807, 2.05) is 18.2 Å². The quantitative estimate of drug-likeness (QED) is 0.821. The van der Waals surface area contributed by atoms with Gasteiger partial charge in [0.1, 0.15) is 4.99 Å². The molecule has 1 aliphatic carbocycles. The van der Waals surface area contributed by atoms with Crippen molar-refractivity contribution in [3.05, 3.63) is 28.8 Å². The lowest BCUT2D eigenvalue weighted by Gasteiger charge is -2.23. The maximum atomic E-state index is 5.97. The molecule has 2 nitrogen and oxygen atoms in total. The smallest absolute Gasteiger partial charge is 0.106 e. The normalized spacial score (nSPS) is 16.5. The van der Waals surface area contributed by atoms with Crippen molar-refractivity contribution in [3.8, 4) is 0 Å². The number of benzene rings is 1. The highest BCUT2D eigenvalue weighted by Crippen LogP contribution is 2.25. The topological polar surface area (TPSA) is 38.0 Å². The summed E-state index contributed by atoms with van der Waals surface area (Å²) in [4.78, 5) is 0.392. The van der Waals surface area contributed by atoms with Crippen LogP contribution in [0.5, 0.6) is 0 Å². The van der Waals surface area contributed by atoms with Gasteiger partial charge in [0.25, 0.3) is 0 Å². The van der Waals surface area contributed by atoms with Crippen LogP contribution in [-0.4, -0.2) is 11.5 Å². The Kier molecular flexibility index (Phi) is 4.84. The summed E-state index contributed by atoms with van der Waals surface area (Å²) in [5.74, 6) is 0.772. The van der Waals surface area contributed by atoms with Crippen molar-refractivity contribution in [1.82, 2.24) is 0 Å². The predicted molar refractivity (Wildman–Crippen MR) is 82.4 cm³/mol. The number of nitrogens with one attached hydrogen (secondary N) is 1. The zero-order chi connectivity index (χ0) is 13.0. The first-order valence-electron chi connectivity index (χ1n) is 6.50. The molecule has 0 bridgehead atoms. The molecular weight excluding hydrogens is 264 g/mol. The van der Waals surface area contributed by atoms with Gasteiger partial charge in [0.2, 0.25) is 0 Å². The minimum absolute atomic E-state index is 0.392. The third-order valence-electron chi connectivity index (χ3n) is 3.55. The van der Waals surface area contributed by atoms with E-state index < -0.39 is 0 Å². The summed E-state index contributed by atoms with van der Waals surface area (Å²) in [6.07, 6.45) is 6.74. The van der Waals surface area contributed by atoms with Crippen molar-refractivity contribution in [2.75, 3.05) is 11.9 Å². The molecule has 0 saturated heterocycles. The van der Waals surface area contributed by atoms with Gasteiger partial charge in [0, 0.05) is 22.8 Å². The Morgan fingerprint density at radius 2 is 2.06 bits per heavy atom. The Morgan fingerprint density at radius 1 is 1.33 bits per heavy atom. The molecule has 0 aliphatic heterocycles. The van der Waals surface area contributed by atoms with Gasteiger partial charge in [-0.25, -0.2) is 0 Å². The molecule has 1 aromatic carbocycles. The number of nitrogens with two attached hydrogens (primary N) is 1. The van der Waals surface area contributed by atoms with Crippen LogP contribution in [-0.2, 0) is 0 Å². The molecule has 1 aliphatic rings. The fourth-order valence-electron chi connectivity index (χ4n) is 2.52. The molecule has 1 aromatic rings. The maximum absolute atomic E-state index is 5.97. The van der Waals surface area contributed by atoms with Crippen molar-refractivity contribution < 1.29 is 0 Å². The van der Waals surface area contributed by atoms with Gasteiger partial charge in [0.05, 0.1) is 0 Å². The molecule has 0 aromatic heterocycles. The average molecular weight is 283 g/mol. The zero-order valence-electron chi connectivity index (χ0n) is 10.4. The van der Waals surface area contributed by atoms with Crippen LogP contribution in [0.15, 0.2) is 18.2 Å². The summed E-state index contributed by atoms with van der Waals surface area (Å²) in [6.45, 7) is 0.997. The van der Waals surface area contributed by atoms with Gasteiger partial charge in [-0.05, 0) is 37.0 Å². The van der Waals surface area contributed by atoms with E-state index in [4.69, 9.17) is 29.6 Å². The maximum Gasteiger partial charge on any atom is 0.106 e. The van der Waals surface area contributed by atoms with Crippen LogP contribution in [0.25, 0.3) is 0 Å². The van der Waals surface area contributed by atoms with Crippen molar-refractivity contribution in [2.45, 2.75) is 32.1 Å².